The third-order valence-electron chi connectivity index (χ3n) is 3.77. The Balaban J connectivity index is 2.12. The maximum Gasteiger partial charge on any atom is 0.240 e. The summed E-state index contributed by atoms with van der Waals surface area (Å²) in [6.07, 6.45) is 5.17. The number of rotatable bonds is 6. The van der Waals surface area contributed by atoms with Crippen LogP contribution < -0.4 is 11.1 Å². The monoisotopic (exact) mass is 300 g/mol. The number of hydrogen-bond acceptors (Lipinski definition) is 3. The fraction of sp³-hybridized carbons (Fsp3) is 0.412. The predicted molar refractivity (Wildman–Crippen MR) is 87.6 cm³/mol. The van der Waals surface area contributed by atoms with E-state index in [4.69, 9.17) is 5.73 Å². The van der Waals surface area contributed by atoms with Crippen molar-refractivity contribution < 1.29 is 4.79 Å². The Hall–Kier alpha value is -2.14. The average Bonchev–Trinajstić information content (AvgIpc) is 3.01. The average molecular weight is 300 g/mol. The number of aromatic nitrogens is 2. The smallest absolute Gasteiger partial charge is 0.240 e. The minimum atomic E-state index is -0.831. The topological polar surface area (TPSA) is 72.9 Å². The summed E-state index contributed by atoms with van der Waals surface area (Å²) in [4.78, 5) is 12.3. The maximum absolute atomic E-state index is 12.3. The van der Waals surface area contributed by atoms with Gasteiger partial charge in [0.2, 0.25) is 5.91 Å². The molecule has 118 valence electrons. The first-order valence-corrected chi connectivity index (χ1v) is 7.64. The molecule has 1 aromatic heterocycles. The molecule has 0 fully saturated rings. The number of nitrogens with two attached hydrogens (primary N) is 1. The van der Waals surface area contributed by atoms with Gasteiger partial charge in [-0.25, -0.2) is 4.68 Å². The van der Waals surface area contributed by atoms with E-state index in [1.54, 1.807) is 17.8 Å². The number of carbonyl (C=O) groups excluding carboxylic acids is 1. The van der Waals surface area contributed by atoms with Gasteiger partial charge in [0.15, 0.2) is 0 Å². The Kier molecular flexibility index (Phi) is 4.98. The fourth-order valence-corrected chi connectivity index (χ4v) is 2.44. The van der Waals surface area contributed by atoms with Crippen LogP contribution in [0.25, 0.3) is 5.69 Å². The molecule has 1 heterocycles. The fourth-order valence-electron chi connectivity index (χ4n) is 2.44. The zero-order chi connectivity index (χ0) is 16.2. The molecule has 2 unspecified atom stereocenters. The number of carbonyl (C=O) groups is 1. The van der Waals surface area contributed by atoms with Crippen LogP contribution in [-0.4, -0.2) is 21.2 Å². The molecule has 0 saturated carbocycles. The molecule has 0 aliphatic heterocycles. The second-order valence-electron chi connectivity index (χ2n) is 5.91. The summed E-state index contributed by atoms with van der Waals surface area (Å²) < 4.78 is 1.79. The van der Waals surface area contributed by atoms with E-state index in [1.165, 1.54) is 0 Å². The van der Waals surface area contributed by atoms with E-state index in [9.17, 15) is 4.79 Å². The van der Waals surface area contributed by atoms with E-state index < -0.39 is 5.54 Å². The minimum absolute atomic E-state index is 0.109. The lowest BCUT2D eigenvalue weighted by Crippen LogP contribution is -2.52. The SMILES string of the molecule is CCCC(C)(N)C(=O)NC(C)c1cccc(-n2cccn2)c1. The summed E-state index contributed by atoms with van der Waals surface area (Å²) in [6, 6.07) is 9.72. The first kappa shape index (κ1) is 16.2. The van der Waals surface area contributed by atoms with E-state index in [2.05, 4.69) is 10.4 Å². The van der Waals surface area contributed by atoms with E-state index in [0.29, 0.717) is 6.42 Å². The number of nitrogens with zero attached hydrogens (tertiary/aromatic N) is 2. The highest BCUT2D eigenvalue weighted by atomic mass is 16.2. The van der Waals surface area contributed by atoms with Crippen molar-refractivity contribution in [3.63, 3.8) is 0 Å². The van der Waals surface area contributed by atoms with Crippen LogP contribution in [-0.2, 0) is 4.79 Å². The highest BCUT2D eigenvalue weighted by molar-refractivity contribution is 5.85. The Labute approximate surface area is 131 Å². The first-order valence-electron chi connectivity index (χ1n) is 7.64. The lowest BCUT2D eigenvalue weighted by atomic mass is 9.95. The standard InChI is InChI=1S/C17H24N4O/c1-4-9-17(3,18)16(22)20-13(2)14-7-5-8-15(12-14)21-11-6-10-19-21/h5-8,10-13H,4,9,18H2,1-3H3,(H,20,22). The van der Waals surface area contributed by atoms with E-state index >= 15 is 0 Å². The summed E-state index contributed by atoms with van der Waals surface area (Å²) in [5, 5.41) is 7.22. The van der Waals surface area contributed by atoms with E-state index in [-0.39, 0.29) is 11.9 Å². The number of amides is 1. The van der Waals surface area contributed by atoms with Crippen LogP contribution in [0, 0.1) is 0 Å². The molecular weight excluding hydrogens is 276 g/mol. The highest BCUT2D eigenvalue weighted by Crippen LogP contribution is 2.18. The zero-order valence-electron chi connectivity index (χ0n) is 13.4. The predicted octanol–water partition coefficient (Wildman–Crippen LogP) is 2.57. The molecule has 2 rings (SSSR count). The van der Waals surface area contributed by atoms with Gasteiger partial charge < -0.3 is 11.1 Å². The van der Waals surface area contributed by atoms with Crippen molar-refractivity contribution in [3.05, 3.63) is 48.3 Å². The van der Waals surface area contributed by atoms with E-state index in [0.717, 1.165) is 17.7 Å². The van der Waals surface area contributed by atoms with Crippen LogP contribution in [0.2, 0.25) is 0 Å². The van der Waals surface area contributed by atoms with Crippen LogP contribution >= 0.6 is 0 Å². The van der Waals surface area contributed by atoms with Gasteiger partial charge in [-0.1, -0.05) is 25.5 Å². The molecule has 5 nitrogen and oxygen atoms in total. The van der Waals surface area contributed by atoms with Crippen LogP contribution in [0.5, 0.6) is 0 Å². The molecule has 3 N–H and O–H groups in total. The van der Waals surface area contributed by atoms with Crippen molar-refractivity contribution in [2.75, 3.05) is 0 Å². The van der Waals surface area contributed by atoms with Gasteiger partial charge in [-0.15, -0.1) is 0 Å². The lowest BCUT2D eigenvalue weighted by Gasteiger charge is -2.25. The second-order valence-corrected chi connectivity index (χ2v) is 5.91. The Morgan fingerprint density at radius 3 is 2.86 bits per heavy atom. The Morgan fingerprint density at radius 1 is 1.45 bits per heavy atom. The van der Waals surface area contributed by atoms with Crippen molar-refractivity contribution in [2.45, 2.75) is 45.2 Å². The molecule has 0 aliphatic carbocycles. The van der Waals surface area contributed by atoms with Gasteiger partial charge in [0.1, 0.15) is 0 Å². The van der Waals surface area contributed by atoms with Gasteiger partial charge in [0.25, 0.3) is 0 Å². The molecule has 1 amide bonds. The summed E-state index contributed by atoms with van der Waals surface area (Å²) in [6.45, 7) is 5.76. The van der Waals surface area contributed by atoms with Crippen molar-refractivity contribution >= 4 is 5.91 Å². The van der Waals surface area contributed by atoms with Gasteiger partial charge in [-0.2, -0.15) is 5.10 Å². The van der Waals surface area contributed by atoms with Gasteiger partial charge in [-0.05, 0) is 44.0 Å². The molecule has 0 bridgehead atoms. The molecule has 22 heavy (non-hydrogen) atoms. The van der Waals surface area contributed by atoms with Gasteiger partial charge in [0, 0.05) is 12.4 Å². The first-order chi connectivity index (χ1) is 10.4. The molecule has 0 spiro atoms. The lowest BCUT2D eigenvalue weighted by molar-refractivity contribution is -0.126. The number of nitrogens with one attached hydrogen (secondary N) is 1. The summed E-state index contributed by atoms with van der Waals surface area (Å²) in [5.41, 5.74) is 7.23. The minimum Gasteiger partial charge on any atom is -0.348 e. The van der Waals surface area contributed by atoms with Crippen molar-refractivity contribution in [2.24, 2.45) is 5.73 Å². The summed E-state index contributed by atoms with van der Waals surface area (Å²) >= 11 is 0. The molecule has 0 saturated heterocycles. The molecule has 1 aromatic carbocycles. The Morgan fingerprint density at radius 2 is 2.23 bits per heavy atom. The zero-order valence-corrected chi connectivity index (χ0v) is 13.4. The molecular formula is C17H24N4O. The van der Waals surface area contributed by atoms with Gasteiger partial charge in [0.05, 0.1) is 17.3 Å². The van der Waals surface area contributed by atoms with Crippen molar-refractivity contribution in [3.8, 4) is 5.69 Å². The largest absolute Gasteiger partial charge is 0.348 e. The van der Waals surface area contributed by atoms with Gasteiger partial charge in [-0.3, -0.25) is 4.79 Å². The van der Waals surface area contributed by atoms with Crippen LogP contribution in [0.4, 0.5) is 0 Å². The Bertz CT molecular complexity index is 619. The van der Waals surface area contributed by atoms with Crippen molar-refractivity contribution in [1.29, 1.82) is 0 Å². The third-order valence-corrected chi connectivity index (χ3v) is 3.77. The molecule has 5 heteroatoms. The molecule has 0 radical (unpaired) electrons. The quantitative estimate of drug-likeness (QED) is 0.861. The normalized spacial score (nSPS) is 15.1. The van der Waals surface area contributed by atoms with E-state index in [1.807, 2.05) is 50.4 Å². The van der Waals surface area contributed by atoms with Crippen molar-refractivity contribution in [1.82, 2.24) is 15.1 Å². The molecule has 2 atom stereocenters. The van der Waals surface area contributed by atoms with Crippen LogP contribution in [0.1, 0.15) is 45.2 Å². The third kappa shape index (κ3) is 3.74. The number of hydrogen-bond donors (Lipinski definition) is 2. The molecule has 0 aliphatic rings. The summed E-state index contributed by atoms with van der Waals surface area (Å²) in [7, 11) is 0. The van der Waals surface area contributed by atoms with Gasteiger partial charge >= 0.3 is 0 Å². The summed E-state index contributed by atoms with van der Waals surface area (Å²) in [5.74, 6) is -0.119. The van der Waals surface area contributed by atoms with Crippen LogP contribution in [0.3, 0.4) is 0 Å². The second kappa shape index (κ2) is 6.75. The van der Waals surface area contributed by atoms with Crippen LogP contribution in [0.15, 0.2) is 42.7 Å². The number of benzene rings is 1. The molecule has 2 aromatic rings. The highest BCUT2D eigenvalue weighted by Gasteiger charge is 2.28. The maximum atomic E-state index is 12.3.